The summed E-state index contributed by atoms with van der Waals surface area (Å²) in [4.78, 5) is 0.334. The summed E-state index contributed by atoms with van der Waals surface area (Å²) in [6.07, 6.45) is 3.48. The standard InChI is InChI=1S/C13H24N4O2S/c1-4-14-8-12-13(10(2)15-16-12)20(18,19)17(3)9-11-6-5-7-11/h11,14H,4-9H2,1-3H3,(H,15,16). The second-order valence-corrected chi connectivity index (χ2v) is 7.47. The van der Waals surface area contributed by atoms with Crippen LogP contribution in [-0.4, -0.2) is 43.1 Å². The molecular weight excluding hydrogens is 276 g/mol. The number of nitrogens with zero attached hydrogens (tertiary/aromatic N) is 2. The summed E-state index contributed by atoms with van der Waals surface area (Å²) >= 11 is 0. The molecule has 2 N–H and O–H groups in total. The van der Waals surface area contributed by atoms with Gasteiger partial charge in [-0.2, -0.15) is 5.10 Å². The van der Waals surface area contributed by atoms with Crippen LogP contribution < -0.4 is 5.32 Å². The van der Waals surface area contributed by atoms with Gasteiger partial charge in [0.1, 0.15) is 4.90 Å². The molecule has 0 saturated heterocycles. The molecule has 0 spiro atoms. The molecule has 0 atom stereocenters. The maximum absolute atomic E-state index is 12.7. The van der Waals surface area contributed by atoms with E-state index in [1.165, 1.54) is 10.7 Å². The van der Waals surface area contributed by atoms with Crippen molar-refractivity contribution >= 4 is 10.0 Å². The zero-order valence-electron chi connectivity index (χ0n) is 12.4. The second kappa shape index (κ2) is 6.24. The molecule has 1 fully saturated rings. The molecule has 0 aromatic carbocycles. The molecule has 2 rings (SSSR count). The lowest BCUT2D eigenvalue weighted by molar-refractivity contribution is 0.263. The molecule has 0 aliphatic heterocycles. The average molecular weight is 300 g/mol. The Morgan fingerprint density at radius 3 is 2.70 bits per heavy atom. The molecule has 0 radical (unpaired) electrons. The van der Waals surface area contributed by atoms with E-state index in [1.54, 1.807) is 14.0 Å². The van der Waals surface area contributed by atoms with Gasteiger partial charge < -0.3 is 5.32 Å². The molecule has 1 aliphatic carbocycles. The van der Waals surface area contributed by atoms with Gasteiger partial charge in [-0.05, 0) is 32.2 Å². The van der Waals surface area contributed by atoms with Crippen LogP contribution in [0.3, 0.4) is 0 Å². The third-order valence-electron chi connectivity index (χ3n) is 3.91. The summed E-state index contributed by atoms with van der Waals surface area (Å²) in [5, 5.41) is 10.0. The number of nitrogens with one attached hydrogen (secondary N) is 2. The number of hydrogen-bond donors (Lipinski definition) is 2. The van der Waals surface area contributed by atoms with Crippen molar-refractivity contribution in [2.75, 3.05) is 20.1 Å². The number of hydrogen-bond acceptors (Lipinski definition) is 4. The number of aryl methyl sites for hydroxylation is 1. The Labute approximate surface area is 121 Å². The Kier molecular flexibility index (Phi) is 4.82. The Morgan fingerprint density at radius 2 is 2.15 bits per heavy atom. The smallest absolute Gasteiger partial charge is 0.246 e. The first-order valence-electron chi connectivity index (χ1n) is 7.17. The lowest BCUT2D eigenvalue weighted by atomic mass is 9.86. The monoisotopic (exact) mass is 300 g/mol. The van der Waals surface area contributed by atoms with Gasteiger partial charge in [0.05, 0.1) is 11.4 Å². The number of aromatic amines is 1. The highest BCUT2D eigenvalue weighted by Gasteiger charge is 2.31. The number of aromatic nitrogens is 2. The van der Waals surface area contributed by atoms with Gasteiger partial charge in [-0.25, -0.2) is 12.7 Å². The fourth-order valence-corrected chi connectivity index (χ4v) is 4.03. The van der Waals surface area contributed by atoms with E-state index in [4.69, 9.17) is 0 Å². The molecule has 7 heteroatoms. The third kappa shape index (κ3) is 3.05. The van der Waals surface area contributed by atoms with Gasteiger partial charge in [-0.15, -0.1) is 0 Å². The maximum Gasteiger partial charge on any atom is 0.246 e. The summed E-state index contributed by atoms with van der Waals surface area (Å²) in [6, 6.07) is 0. The SMILES string of the molecule is CCNCc1n[nH]c(C)c1S(=O)(=O)N(C)CC1CCC1. The molecule has 1 aromatic rings. The van der Waals surface area contributed by atoms with E-state index >= 15 is 0 Å². The van der Waals surface area contributed by atoms with Gasteiger partial charge >= 0.3 is 0 Å². The van der Waals surface area contributed by atoms with Gasteiger partial charge in [0.2, 0.25) is 10.0 Å². The van der Waals surface area contributed by atoms with Crippen molar-refractivity contribution < 1.29 is 8.42 Å². The molecule has 0 bridgehead atoms. The molecule has 20 heavy (non-hydrogen) atoms. The van der Waals surface area contributed by atoms with Crippen LogP contribution in [0.5, 0.6) is 0 Å². The molecule has 1 aromatic heterocycles. The van der Waals surface area contributed by atoms with Crippen molar-refractivity contribution in [1.82, 2.24) is 19.8 Å². The Balaban J connectivity index is 2.20. The van der Waals surface area contributed by atoms with E-state index in [1.807, 2.05) is 6.92 Å². The lowest BCUT2D eigenvalue weighted by Gasteiger charge is -2.29. The summed E-state index contributed by atoms with van der Waals surface area (Å²) < 4.78 is 26.9. The minimum Gasteiger partial charge on any atom is -0.311 e. The van der Waals surface area contributed by atoms with Gasteiger partial charge in [-0.3, -0.25) is 5.10 Å². The molecule has 1 heterocycles. The predicted octanol–water partition coefficient (Wildman–Crippen LogP) is 1.25. The van der Waals surface area contributed by atoms with E-state index in [2.05, 4.69) is 15.5 Å². The fraction of sp³-hybridized carbons (Fsp3) is 0.769. The first-order chi connectivity index (χ1) is 9.46. The van der Waals surface area contributed by atoms with Crippen LogP contribution in [0.15, 0.2) is 4.90 Å². The number of H-pyrrole nitrogens is 1. The van der Waals surface area contributed by atoms with Crippen LogP contribution in [0.1, 0.15) is 37.6 Å². The molecule has 114 valence electrons. The molecule has 0 unspecified atom stereocenters. The Morgan fingerprint density at radius 1 is 1.45 bits per heavy atom. The molecule has 0 amide bonds. The lowest BCUT2D eigenvalue weighted by Crippen LogP contribution is -2.35. The summed E-state index contributed by atoms with van der Waals surface area (Å²) in [5.74, 6) is 0.513. The van der Waals surface area contributed by atoms with Crippen LogP contribution in [0, 0.1) is 12.8 Å². The van der Waals surface area contributed by atoms with Crippen LogP contribution in [0.2, 0.25) is 0 Å². The maximum atomic E-state index is 12.7. The highest BCUT2D eigenvalue weighted by atomic mass is 32.2. The zero-order valence-corrected chi connectivity index (χ0v) is 13.3. The van der Waals surface area contributed by atoms with Gasteiger partial charge in [0, 0.05) is 20.1 Å². The van der Waals surface area contributed by atoms with Crippen LogP contribution in [-0.2, 0) is 16.6 Å². The number of rotatable bonds is 7. The number of sulfonamides is 1. The van der Waals surface area contributed by atoms with Gasteiger partial charge in [0.25, 0.3) is 0 Å². The average Bonchev–Trinajstić information content (AvgIpc) is 2.72. The van der Waals surface area contributed by atoms with Gasteiger partial charge in [-0.1, -0.05) is 13.3 Å². The van der Waals surface area contributed by atoms with E-state index in [9.17, 15) is 8.42 Å². The largest absolute Gasteiger partial charge is 0.311 e. The minimum absolute atomic E-state index is 0.334. The molecular formula is C13H24N4O2S. The van der Waals surface area contributed by atoms with E-state index in [0.717, 1.165) is 19.4 Å². The first-order valence-corrected chi connectivity index (χ1v) is 8.61. The highest BCUT2D eigenvalue weighted by Crippen LogP contribution is 2.29. The van der Waals surface area contributed by atoms with Crippen molar-refractivity contribution in [3.05, 3.63) is 11.4 Å². The summed E-state index contributed by atoms with van der Waals surface area (Å²) in [6.45, 7) is 5.59. The molecule has 1 aliphatic rings. The van der Waals surface area contributed by atoms with Gasteiger partial charge in [0.15, 0.2) is 0 Å². The van der Waals surface area contributed by atoms with Crippen molar-refractivity contribution in [2.24, 2.45) is 5.92 Å². The Bertz CT molecular complexity index is 549. The third-order valence-corrected chi connectivity index (χ3v) is 5.94. The van der Waals surface area contributed by atoms with E-state index in [0.29, 0.717) is 35.3 Å². The first kappa shape index (κ1) is 15.5. The van der Waals surface area contributed by atoms with Crippen molar-refractivity contribution in [3.8, 4) is 0 Å². The second-order valence-electron chi connectivity index (χ2n) is 5.49. The van der Waals surface area contributed by atoms with E-state index in [-0.39, 0.29) is 0 Å². The van der Waals surface area contributed by atoms with Crippen molar-refractivity contribution in [1.29, 1.82) is 0 Å². The predicted molar refractivity (Wildman–Crippen MR) is 77.9 cm³/mol. The molecule has 6 nitrogen and oxygen atoms in total. The normalized spacial score (nSPS) is 16.6. The highest BCUT2D eigenvalue weighted by molar-refractivity contribution is 7.89. The zero-order chi connectivity index (χ0) is 14.8. The van der Waals surface area contributed by atoms with Crippen LogP contribution in [0.4, 0.5) is 0 Å². The van der Waals surface area contributed by atoms with Crippen molar-refractivity contribution in [3.63, 3.8) is 0 Å². The van der Waals surface area contributed by atoms with Crippen LogP contribution >= 0.6 is 0 Å². The summed E-state index contributed by atoms with van der Waals surface area (Å²) in [7, 11) is -1.80. The van der Waals surface area contributed by atoms with Crippen LogP contribution in [0.25, 0.3) is 0 Å². The fourth-order valence-electron chi connectivity index (χ4n) is 2.47. The minimum atomic E-state index is -3.46. The van der Waals surface area contributed by atoms with E-state index < -0.39 is 10.0 Å². The molecule has 1 saturated carbocycles. The Hall–Kier alpha value is -0.920. The quantitative estimate of drug-likeness (QED) is 0.794. The topological polar surface area (TPSA) is 78.1 Å². The summed E-state index contributed by atoms with van der Waals surface area (Å²) in [5.41, 5.74) is 1.18. The van der Waals surface area contributed by atoms with Crippen molar-refractivity contribution in [2.45, 2.75) is 44.6 Å².